The largest absolute Gasteiger partial charge is 0.423 e. The normalized spacial score (nSPS) is 11.2. The molecule has 0 aliphatic carbocycles. The second-order valence-electron chi connectivity index (χ2n) is 7.35. The highest BCUT2D eigenvalue weighted by molar-refractivity contribution is 6.11. The third-order valence-electron chi connectivity index (χ3n) is 5.33. The Kier molecular flexibility index (Phi) is 5.43. The van der Waals surface area contributed by atoms with E-state index in [0.717, 1.165) is 38.7 Å². The van der Waals surface area contributed by atoms with Crippen LogP contribution in [-0.4, -0.2) is 11.0 Å². The van der Waals surface area contributed by atoms with E-state index in [1.165, 1.54) is 0 Å². The number of azo groups is 1. The van der Waals surface area contributed by atoms with Crippen molar-refractivity contribution in [2.24, 2.45) is 10.2 Å². The van der Waals surface area contributed by atoms with Gasteiger partial charge in [0, 0.05) is 23.4 Å². The van der Waals surface area contributed by atoms with Crippen molar-refractivity contribution in [3.8, 4) is 16.9 Å². The molecule has 0 saturated heterocycles. The maximum Gasteiger partial charge on any atom is 0.335 e. The monoisotopic (exact) mass is 429 g/mol. The molecule has 0 N–H and O–H groups in total. The molecular formula is C28H19N3O2. The summed E-state index contributed by atoms with van der Waals surface area (Å²) in [5.41, 5.74) is 2.25. The van der Waals surface area contributed by atoms with E-state index in [2.05, 4.69) is 21.8 Å². The number of aromatic nitrogens is 1. The summed E-state index contributed by atoms with van der Waals surface area (Å²) >= 11 is 0. The number of fused-ring (bicyclic) bond motifs is 2. The minimum atomic E-state index is -0.525. The average Bonchev–Trinajstić information content (AvgIpc) is 2.88. The summed E-state index contributed by atoms with van der Waals surface area (Å²) in [4.78, 5) is 16.4. The van der Waals surface area contributed by atoms with Crippen molar-refractivity contribution in [1.82, 2.24) is 4.98 Å². The van der Waals surface area contributed by atoms with E-state index in [0.29, 0.717) is 17.3 Å². The Hall–Kier alpha value is -4.64. The number of carbonyl (C=O) groups is 1. The molecule has 158 valence electrons. The fourth-order valence-electron chi connectivity index (χ4n) is 3.87. The van der Waals surface area contributed by atoms with Crippen LogP contribution in [0.3, 0.4) is 0 Å². The van der Waals surface area contributed by atoms with Crippen LogP contribution < -0.4 is 4.74 Å². The molecule has 0 radical (unpaired) electrons. The molecule has 0 aliphatic rings. The summed E-state index contributed by atoms with van der Waals surface area (Å²) in [5, 5.41) is 12.9. The van der Waals surface area contributed by atoms with Gasteiger partial charge in [0.15, 0.2) is 5.82 Å². The van der Waals surface area contributed by atoms with Gasteiger partial charge in [-0.2, -0.15) is 0 Å². The van der Waals surface area contributed by atoms with Crippen LogP contribution in [0.2, 0.25) is 0 Å². The van der Waals surface area contributed by atoms with E-state index >= 15 is 0 Å². The Balaban J connectivity index is 1.84. The number of benzene rings is 4. The topological polar surface area (TPSA) is 63.9 Å². The van der Waals surface area contributed by atoms with Crippen molar-refractivity contribution >= 4 is 39.0 Å². The first-order valence-electron chi connectivity index (χ1n) is 10.5. The van der Waals surface area contributed by atoms with Gasteiger partial charge in [-0.25, -0.2) is 9.78 Å². The van der Waals surface area contributed by atoms with Crippen molar-refractivity contribution in [3.63, 3.8) is 0 Å². The van der Waals surface area contributed by atoms with E-state index in [1.54, 1.807) is 18.3 Å². The van der Waals surface area contributed by atoms with Gasteiger partial charge in [-0.15, -0.1) is 10.2 Å². The third-order valence-corrected chi connectivity index (χ3v) is 5.33. The molecule has 5 heteroatoms. The summed E-state index contributed by atoms with van der Waals surface area (Å²) in [7, 11) is 0. The Morgan fingerprint density at radius 2 is 1.42 bits per heavy atom. The summed E-state index contributed by atoms with van der Waals surface area (Å²) in [6.07, 6.45) is 2.83. The summed E-state index contributed by atoms with van der Waals surface area (Å²) < 4.78 is 5.68. The van der Waals surface area contributed by atoms with Gasteiger partial charge in [-0.05, 0) is 45.8 Å². The molecule has 1 heterocycles. The molecular weight excluding hydrogens is 410 g/mol. The van der Waals surface area contributed by atoms with E-state index in [1.807, 2.05) is 78.9 Å². The number of hydrogen-bond donors (Lipinski definition) is 0. The predicted octanol–water partition coefficient (Wildman–Crippen LogP) is 7.56. The molecule has 0 unspecified atom stereocenters. The SMILES string of the molecule is C=CC(=O)Oc1ccc2ccccc2c1-c1c(N=Nc2ccccn2)ccc2ccccc12. The molecule has 5 nitrogen and oxygen atoms in total. The fourth-order valence-corrected chi connectivity index (χ4v) is 3.87. The molecule has 5 aromatic rings. The first kappa shape index (κ1) is 20.3. The zero-order valence-corrected chi connectivity index (χ0v) is 17.7. The number of carbonyl (C=O) groups excluding carboxylic acids is 1. The zero-order valence-electron chi connectivity index (χ0n) is 17.7. The highest BCUT2D eigenvalue weighted by Crippen LogP contribution is 2.45. The molecule has 1 aromatic heterocycles. The van der Waals surface area contributed by atoms with Crippen molar-refractivity contribution in [2.75, 3.05) is 0 Å². The molecule has 0 atom stereocenters. The van der Waals surface area contributed by atoms with E-state index < -0.39 is 5.97 Å². The van der Waals surface area contributed by atoms with Crippen LogP contribution in [0.1, 0.15) is 0 Å². The van der Waals surface area contributed by atoms with E-state index in [-0.39, 0.29) is 0 Å². The highest BCUT2D eigenvalue weighted by atomic mass is 16.5. The second kappa shape index (κ2) is 8.85. The zero-order chi connectivity index (χ0) is 22.6. The van der Waals surface area contributed by atoms with Gasteiger partial charge in [0.1, 0.15) is 5.75 Å². The quantitative estimate of drug-likeness (QED) is 0.125. The van der Waals surface area contributed by atoms with Gasteiger partial charge < -0.3 is 4.74 Å². The maximum absolute atomic E-state index is 12.2. The van der Waals surface area contributed by atoms with Crippen LogP contribution in [0.5, 0.6) is 5.75 Å². The van der Waals surface area contributed by atoms with Crippen LogP contribution >= 0.6 is 0 Å². The van der Waals surface area contributed by atoms with Crippen molar-refractivity contribution in [2.45, 2.75) is 0 Å². The first-order valence-corrected chi connectivity index (χ1v) is 10.5. The Morgan fingerprint density at radius 3 is 2.12 bits per heavy atom. The van der Waals surface area contributed by atoms with Crippen LogP contribution in [0.25, 0.3) is 32.7 Å². The molecule has 0 aliphatic heterocycles. The minimum absolute atomic E-state index is 0.434. The first-order chi connectivity index (χ1) is 16.2. The summed E-state index contributed by atoms with van der Waals surface area (Å²) in [5.74, 6) is 0.417. The van der Waals surface area contributed by atoms with Gasteiger partial charge >= 0.3 is 5.97 Å². The molecule has 0 fully saturated rings. The molecule has 4 aromatic carbocycles. The highest BCUT2D eigenvalue weighted by Gasteiger charge is 2.19. The standard InChI is InChI=1S/C28H19N3O2/c1-2-26(32)33-24-17-15-20-10-4-6-12-22(20)28(24)27-21-11-5-3-9-19(21)14-16-23(27)30-31-25-13-7-8-18-29-25/h2-18H,1H2. The van der Waals surface area contributed by atoms with Crippen molar-refractivity contribution in [1.29, 1.82) is 0 Å². The summed E-state index contributed by atoms with van der Waals surface area (Å²) in [6, 6.07) is 29.2. The molecule has 0 bridgehead atoms. The number of pyridine rings is 1. The van der Waals surface area contributed by atoms with Crippen molar-refractivity contribution < 1.29 is 9.53 Å². The Labute approximate surface area is 190 Å². The van der Waals surface area contributed by atoms with Gasteiger partial charge in [0.2, 0.25) is 0 Å². The Bertz CT molecular complexity index is 1530. The van der Waals surface area contributed by atoms with Gasteiger partial charge in [-0.1, -0.05) is 73.3 Å². The molecule has 0 spiro atoms. The van der Waals surface area contributed by atoms with Crippen LogP contribution in [0.4, 0.5) is 11.5 Å². The second-order valence-corrected chi connectivity index (χ2v) is 7.35. The van der Waals surface area contributed by atoms with Gasteiger partial charge in [-0.3, -0.25) is 0 Å². The van der Waals surface area contributed by atoms with Crippen LogP contribution in [-0.2, 0) is 4.79 Å². The van der Waals surface area contributed by atoms with Gasteiger partial charge in [0.05, 0.1) is 5.69 Å². The van der Waals surface area contributed by atoms with Crippen LogP contribution in [0, 0.1) is 0 Å². The number of esters is 1. The maximum atomic E-state index is 12.2. The molecule has 33 heavy (non-hydrogen) atoms. The van der Waals surface area contributed by atoms with E-state index in [4.69, 9.17) is 4.74 Å². The lowest BCUT2D eigenvalue weighted by atomic mass is 9.92. The van der Waals surface area contributed by atoms with Crippen molar-refractivity contribution in [3.05, 3.63) is 110 Å². The van der Waals surface area contributed by atoms with Gasteiger partial charge in [0.25, 0.3) is 0 Å². The smallest absolute Gasteiger partial charge is 0.335 e. The Morgan fingerprint density at radius 1 is 0.758 bits per heavy atom. The van der Waals surface area contributed by atoms with Crippen LogP contribution in [0.15, 0.2) is 120 Å². The average molecular weight is 429 g/mol. The molecule has 5 rings (SSSR count). The molecule has 0 amide bonds. The number of nitrogens with zero attached hydrogens (tertiary/aromatic N) is 3. The third kappa shape index (κ3) is 4.00. The minimum Gasteiger partial charge on any atom is -0.423 e. The lowest BCUT2D eigenvalue weighted by Gasteiger charge is -2.16. The lowest BCUT2D eigenvalue weighted by molar-refractivity contribution is -0.128. The fraction of sp³-hybridized carbons (Fsp3) is 0. The molecule has 0 saturated carbocycles. The summed E-state index contributed by atoms with van der Waals surface area (Å²) in [6.45, 7) is 3.54. The number of hydrogen-bond acceptors (Lipinski definition) is 5. The number of ether oxygens (including phenoxy) is 1. The lowest BCUT2D eigenvalue weighted by Crippen LogP contribution is -2.04. The number of rotatable bonds is 5. The predicted molar refractivity (Wildman–Crippen MR) is 131 cm³/mol. The van der Waals surface area contributed by atoms with E-state index in [9.17, 15) is 4.79 Å².